The van der Waals surface area contributed by atoms with Crippen molar-refractivity contribution in [2.75, 3.05) is 6.54 Å². The lowest BCUT2D eigenvalue weighted by atomic mass is 9.88. The van der Waals surface area contributed by atoms with Gasteiger partial charge in [-0.3, -0.25) is 19.6 Å². The lowest BCUT2D eigenvalue weighted by Crippen LogP contribution is -2.46. The van der Waals surface area contributed by atoms with Crippen LogP contribution in [0.25, 0.3) is 10.9 Å². The number of amides is 1. The first kappa shape index (κ1) is 40.0. The van der Waals surface area contributed by atoms with Crippen molar-refractivity contribution in [1.29, 1.82) is 0 Å². The second-order valence-electron chi connectivity index (χ2n) is 15.3. The molecule has 0 spiro atoms. The summed E-state index contributed by atoms with van der Waals surface area (Å²) in [4.78, 5) is 49.1. The van der Waals surface area contributed by atoms with E-state index < -0.39 is 39.1 Å². The van der Waals surface area contributed by atoms with Crippen LogP contribution in [0.1, 0.15) is 92.2 Å². The Hall–Kier alpha value is -5.24. The van der Waals surface area contributed by atoms with Crippen molar-refractivity contribution in [3.63, 3.8) is 0 Å². The van der Waals surface area contributed by atoms with E-state index in [9.17, 15) is 22.8 Å². The number of guanidine groups is 1. The van der Waals surface area contributed by atoms with E-state index in [1.165, 1.54) is 10.6 Å². The smallest absolute Gasteiger partial charge is 0.329 e. The number of esters is 1. The topological polar surface area (TPSA) is 184 Å². The number of para-hydroxylation sites is 1. The summed E-state index contributed by atoms with van der Waals surface area (Å²) in [7, 11) is -4.10. The first-order valence-corrected chi connectivity index (χ1v) is 19.5. The Balaban J connectivity index is 1.27. The molecule has 1 aliphatic rings. The Morgan fingerprint density at radius 3 is 2.50 bits per heavy atom. The van der Waals surface area contributed by atoms with Gasteiger partial charge in [-0.25, -0.2) is 17.9 Å². The zero-order valence-corrected chi connectivity index (χ0v) is 33.0. The van der Waals surface area contributed by atoms with Gasteiger partial charge in [0.15, 0.2) is 0 Å². The maximum absolute atomic E-state index is 13.6. The van der Waals surface area contributed by atoms with Gasteiger partial charge in [-0.2, -0.15) is 0 Å². The molecule has 1 amide bonds. The van der Waals surface area contributed by atoms with E-state index in [1.54, 1.807) is 46.9 Å². The minimum atomic E-state index is -4.10. The number of benzene rings is 2. The summed E-state index contributed by atoms with van der Waals surface area (Å²) in [5, 5.41) is 3.63. The second-order valence-corrected chi connectivity index (χ2v) is 16.9. The van der Waals surface area contributed by atoms with E-state index in [0.717, 1.165) is 34.2 Å². The number of nitrogens with one attached hydrogen (secondary N) is 2. The van der Waals surface area contributed by atoms with Gasteiger partial charge in [-0.1, -0.05) is 24.3 Å². The Labute approximate surface area is 316 Å². The van der Waals surface area contributed by atoms with Crippen molar-refractivity contribution in [3.05, 3.63) is 98.6 Å². The number of aromatic nitrogens is 2. The first-order valence-electron chi connectivity index (χ1n) is 18.0. The van der Waals surface area contributed by atoms with Crippen LogP contribution >= 0.6 is 0 Å². The predicted molar refractivity (Wildman–Crippen MR) is 208 cm³/mol. The molecule has 0 saturated carbocycles. The molecule has 14 heteroatoms. The van der Waals surface area contributed by atoms with E-state index in [4.69, 9.17) is 15.2 Å². The van der Waals surface area contributed by atoms with E-state index in [1.807, 2.05) is 57.2 Å². The number of rotatable bonds is 11. The van der Waals surface area contributed by atoms with Crippen LogP contribution in [-0.4, -0.2) is 59.6 Å². The summed E-state index contributed by atoms with van der Waals surface area (Å²) in [5.74, 6) is -1.02. The lowest BCUT2D eigenvalue weighted by Gasteiger charge is -2.35. The van der Waals surface area contributed by atoms with Gasteiger partial charge in [0.2, 0.25) is 5.96 Å². The van der Waals surface area contributed by atoms with E-state index in [-0.39, 0.29) is 48.0 Å². The number of pyridine rings is 2. The molecule has 4 N–H and O–H groups in total. The Morgan fingerprint density at radius 1 is 1.06 bits per heavy atom. The van der Waals surface area contributed by atoms with Crippen LogP contribution in [0.5, 0.6) is 5.75 Å². The van der Waals surface area contributed by atoms with Crippen molar-refractivity contribution in [2.45, 2.75) is 110 Å². The van der Waals surface area contributed by atoms with Crippen molar-refractivity contribution < 1.29 is 27.5 Å². The molecule has 54 heavy (non-hydrogen) atoms. The molecule has 2 aromatic carbocycles. The summed E-state index contributed by atoms with van der Waals surface area (Å²) >= 11 is 0. The molecule has 288 valence electrons. The van der Waals surface area contributed by atoms with Crippen LogP contribution in [0.3, 0.4) is 0 Å². The number of carbonyl (C=O) groups excluding carboxylic acids is 2. The minimum Gasteiger partial charge on any atom is -0.487 e. The number of nitrogens with two attached hydrogens (primary N) is 1. The van der Waals surface area contributed by atoms with Gasteiger partial charge in [-0.15, -0.1) is 0 Å². The van der Waals surface area contributed by atoms with Gasteiger partial charge in [0.1, 0.15) is 28.6 Å². The summed E-state index contributed by atoms with van der Waals surface area (Å²) in [6, 6.07) is 13.2. The molecule has 13 nitrogen and oxygen atoms in total. The zero-order chi connectivity index (χ0) is 39.6. The molecular weight excluding hydrogens is 709 g/mol. The third-order valence-corrected chi connectivity index (χ3v) is 11.0. The average molecular weight is 759 g/mol. The monoisotopic (exact) mass is 758 g/mol. The zero-order valence-electron chi connectivity index (χ0n) is 32.2. The Kier molecular flexibility index (Phi) is 11.6. The van der Waals surface area contributed by atoms with Crippen LogP contribution in [-0.2, 0) is 32.5 Å². The molecule has 1 aliphatic heterocycles. The van der Waals surface area contributed by atoms with Crippen molar-refractivity contribution in [3.8, 4) is 5.75 Å². The molecular formula is C40H50N6O7S. The Bertz CT molecular complexity index is 2290. The molecule has 0 bridgehead atoms. The van der Waals surface area contributed by atoms with Crippen LogP contribution in [0.15, 0.2) is 69.4 Å². The third kappa shape index (κ3) is 9.27. The second kappa shape index (κ2) is 15.6. The molecule has 4 aromatic rings. The number of fused-ring (bicyclic) bond motifs is 2. The molecule has 1 atom stereocenters. The van der Waals surface area contributed by atoms with Crippen LogP contribution < -0.4 is 26.1 Å². The standard InChI is InChI=1S/C40H50N6O7S/c1-24-25(2)34(26(3)29-19-20-40(7,8)52-33(24)29)54(50,51)45-38(41)42-21-11-16-32(37(49)53-39(4,5)6)44-35(47)30-14-12-22-46(36(30)48)23-28-18-17-27-13-9-10-15-31(27)43-28/h9-10,12-15,17-18,22,32H,11,16,19-21,23H2,1-8H3,(H,44,47)(H3,41,42,45)/t32-/m0/s1. The maximum Gasteiger partial charge on any atom is 0.329 e. The van der Waals surface area contributed by atoms with Gasteiger partial charge in [0, 0.05) is 18.1 Å². The van der Waals surface area contributed by atoms with Crippen LogP contribution in [0.2, 0.25) is 0 Å². The lowest BCUT2D eigenvalue weighted by molar-refractivity contribution is -0.157. The summed E-state index contributed by atoms with van der Waals surface area (Å²) in [5.41, 5.74) is 8.39. The quantitative estimate of drug-likeness (QED) is 0.0821. The molecule has 0 unspecified atom stereocenters. The summed E-state index contributed by atoms with van der Waals surface area (Å²) in [6.45, 7) is 14.7. The van der Waals surface area contributed by atoms with E-state index in [2.05, 4.69) is 20.0 Å². The summed E-state index contributed by atoms with van der Waals surface area (Å²) in [6.07, 6.45) is 3.30. The van der Waals surface area contributed by atoms with Crippen LogP contribution in [0.4, 0.5) is 0 Å². The molecule has 2 aromatic heterocycles. The van der Waals surface area contributed by atoms with Crippen molar-refractivity contribution >= 4 is 38.8 Å². The Morgan fingerprint density at radius 2 is 1.78 bits per heavy atom. The third-order valence-electron chi connectivity index (χ3n) is 9.36. The number of carbonyl (C=O) groups is 2. The van der Waals surface area contributed by atoms with Gasteiger partial charge < -0.3 is 25.1 Å². The minimum absolute atomic E-state index is 0.0323. The highest BCUT2D eigenvalue weighted by Gasteiger charge is 2.34. The highest BCUT2D eigenvalue weighted by molar-refractivity contribution is 7.90. The highest BCUT2D eigenvalue weighted by Crippen LogP contribution is 2.42. The number of ether oxygens (including phenoxy) is 2. The molecule has 0 radical (unpaired) electrons. The molecule has 3 heterocycles. The largest absolute Gasteiger partial charge is 0.487 e. The molecule has 5 rings (SSSR count). The van der Waals surface area contributed by atoms with E-state index >= 15 is 0 Å². The highest BCUT2D eigenvalue weighted by atomic mass is 32.2. The fourth-order valence-corrected chi connectivity index (χ4v) is 8.05. The predicted octanol–water partition coefficient (Wildman–Crippen LogP) is 4.99. The van der Waals surface area contributed by atoms with Gasteiger partial charge in [0.05, 0.1) is 22.7 Å². The number of hydrogen-bond donors (Lipinski definition) is 3. The first-order chi connectivity index (χ1) is 25.3. The fourth-order valence-electron chi connectivity index (χ4n) is 6.53. The van der Waals surface area contributed by atoms with Crippen LogP contribution in [0, 0.1) is 20.8 Å². The van der Waals surface area contributed by atoms with Gasteiger partial charge in [-0.05, 0) is 128 Å². The SMILES string of the molecule is Cc1c(C)c(S(=O)(=O)NC(N)=NCCC[C@H](NC(=O)c2cccn(Cc3ccc4ccccc4n3)c2=O)C(=O)OC(C)(C)C)c(C)c2c1OC(C)(C)CC2. The maximum atomic E-state index is 13.6. The molecule has 0 aliphatic carbocycles. The van der Waals surface area contributed by atoms with Crippen molar-refractivity contribution in [2.24, 2.45) is 10.7 Å². The van der Waals surface area contributed by atoms with Gasteiger partial charge in [0.25, 0.3) is 21.5 Å². The number of sulfonamides is 1. The van der Waals surface area contributed by atoms with Crippen molar-refractivity contribution in [1.82, 2.24) is 19.6 Å². The number of nitrogens with zero attached hydrogens (tertiary/aromatic N) is 3. The normalized spacial score (nSPS) is 14.9. The number of aliphatic imine (C=N–C) groups is 1. The number of hydrogen-bond acceptors (Lipinski definition) is 9. The average Bonchev–Trinajstić information content (AvgIpc) is 3.07. The van der Waals surface area contributed by atoms with Gasteiger partial charge >= 0.3 is 5.97 Å². The summed E-state index contributed by atoms with van der Waals surface area (Å²) < 4.78 is 42.8. The molecule has 0 fully saturated rings. The fraction of sp³-hybridized carbons (Fsp3) is 0.425. The molecule has 0 saturated heterocycles. The van der Waals surface area contributed by atoms with E-state index in [0.29, 0.717) is 23.2 Å².